The Kier molecular flexibility index (Phi) is 4.27. The van der Waals surface area contributed by atoms with Crippen LogP contribution < -0.4 is 5.32 Å². The number of nitrogens with zero attached hydrogens (tertiary/aromatic N) is 1. The van der Waals surface area contributed by atoms with Crippen LogP contribution in [0.2, 0.25) is 0 Å². The second kappa shape index (κ2) is 5.96. The number of halogens is 3. The highest BCUT2D eigenvalue weighted by molar-refractivity contribution is 5.92. The highest BCUT2D eigenvalue weighted by Crippen LogP contribution is 2.30. The number of carbonyl (C=O) groups excluding carboxylic acids is 1. The molecule has 1 aromatic heterocycles. The summed E-state index contributed by atoms with van der Waals surface area (Å²) in [5, 5.41) is 11.0. The molecule has 0 unspecified atom stereocenters. The van der Waals surface area contributed by atoms with Gasteiger partial charge in [0.1, 0.15) is 6.26 Å². The molecule has 0 saturated heterocycles. The van der Waals surface area contributed by atoms with Gasteiger partial charge in [-0.2, -0.15) is 13.2 Å². The van der Waals surface area contributed by atoms with Crippen LogP contribution in [-0.4, -0.2) is 29.1 Å². The van der Waals surface area contributed by atoms with Crippen LogP contribution in [0.25, 0.3) is 11.5 Å². The van der Waals surface area contributed by atoms with E-state index in [-0.39, 0.29) is 24.7 Å². The van der Waals surface area contributed by atoms with Gasteiger partial charge in [0.05, 0.1) is 12.2 Å². The van der Waals surface area contributed by atoms with E-state index in [2.05, 4.69) is 10.3 Å². The Hall–Kier alpha value is -2.35. The van der Waals surface area contributed by atoms with Gasteiger partial charge in [0, 0.05) is 12.1 Å². The molecule has 2 N–H and O–H groups in total. The van der Waals surface area contributed by atoms with Crippen molar-refractivity contribution in [1.29, 1.82) is 0 Å². The van der Waals surface area contributed by atoms with Crippen molar-refractivity contribution in [3.8, 4) is 11.5 Å². The van der Waals surface area contributed by atoms with E-state index in [4.69, 9.17) is 9.52 Å². The topological polar surface area (TPSA) is 75.4 Å². The first kappa shape index (κ1) is 15.0. The molecule has 0 radical (unpaired) electrons. The zero-order chi connectivity index (χ0) is 15.5. The van der Waals surface area contributed by atoms with E-state index in [0.29, 0.717) is 5.56 Å². The number of aliphatic hydroxyl groups excluding tert-OH is 1. The zero-order valence-electron chi connectivity index (χ0n) is 10.6. The Balaban J connectivity index is 2.16. The number of rotatable bonds is 4. The number of amides is 1. The number of aromatic nitrogens is 1. The van der Waals surface area contributed by atoms with E-state index in [1.807, 2.05) is 0 Å². The van der Waals surface area contributed by atoms with Crippen molar-refractivity contribution in [3.05, 3.63) is 41.8 Å². The van der Waals surface area contributed by atoms with Crippen LogP contribution in [0.3, 0.4) is 0 Å². The lowest BCUT2D eigenvalue weighted by atomic mass is 10.1. The maximum atomic E-state index is 12.4. The van der Waals surface area contributed by atoms with Crippen LogP contribution in [0, 0.1) is 0 Å². The normalized spacial score (nSPS) is 11.4. The van der Waals surface area contributed by atoms with E-state index in [9.17, 15) is 18.0 Å². The third-order valence-corrected chi connectivity index (χ3v) is 2.59. The maximum Gasteiger partial charge on any atom is 0.416 e. The molecule has 0 saturated carbocycles. The smallest absolute Gasteiger partial charge is 0.416 e. The molecule has 0 aliphatic heterocycles. The molecule has 1 aromatic carbocycles. The van der Waals surface area contributed by atoms with Crippen molar-refractivity contribution in [2.75, 3.05) is 13.2 Å². The Morgan fingerprint density at radius 1 is 1.29 bits per heavy atom. The number of nitrogens with one attached hydrogen (secondary N) is 1. The molecule has 2 aromatic rings. The molecule has 8 heteroatoms. The summed E-state index contributed by atoms with van der Waals surface area (Å²) >= 11 is 0. The molecule has 0 bridgehead atoms. The largest absolute Gasteiger partial charge is 0.444 e. The molecule has 0 spiro atoms. The Morgan fingerprint density at radius 2 is 1.95 bits per heavy atom. The molecule has 2 rings (SSSR count). The average molecular weight is 300 g/mol. The number of oxazole rings is 1. The first-order chi connectivity index (χ1) is 9.91. The standard InChI is InChI=1S/C13H11F3N2O3/c14-13(15,16)9-3-1-8(2-4-9)12-18-10(7-21-12)11(20)17-5-6-19/h1-4,7,19H,5-6H2,(H,17,20). The van der Waals surface area contributed by atoms with Gasteiger partial charge in [-0.1, -0.05) is 0 Å². The first-order valence-electron chi connectivity index (χ1n) is 5.94. The minimum atomic E-state index is -4.41. The van der Waals surface area contributed by atoms with Gasteiger partial charge in [0.25, 0.3) is 5.91 Å². The van der Waals surface area contributed by atoms with Crippen LogP contribution in [0.5, 0.6) is 0 Å². The van der Waals surface area contributed by atoms with E-state index in [1.165, 1.54) is 12.1 Å². The zero-order valence-corrected chi connectivity index (χ0v) is 10.6. The number of hydrogen-bond donors (Lipinski definition) is 2. The van der Waals surface area contributed by atoms with E-state index in [0.717, 1.165) is 18.4 Å². The van der Waals surface area contributed by atoms with Crippen molar-refractivity contribution < 1.29 is 27.5 Å². The molecule has 1 heterocycles. The average Bonchev–Trinajstić information content (AvgIpc) is 2.94. The highest BCUT2D eigenvalue weighted by Gasteiger charge is 2.30. The lowest BCUT2D eigenvalue weighted by Gasteiger charge is -2.05. The van der Waals surface area contributed by atoms with Crippen molar-refractivity contribution in [2.45, 2.75) is 6.18 Å². The second-order valence-electron chi connectivity index (χ2n) is 4.09. The van der Waals surface area contributed by atoms with Crippen LogP contribution in [0.15, 0.2) is 34.9 Å². The van der Waals surface area contributed by atoms with Gasteiger partial charge >= 0.3 is 6.18 Å². The quantitative estimate of drug-likeness (QED) is 0.906. The summed E-state index contributed by atoms with van der Waals surface area (Å²) in [4.78, 5) is 15.4. The summed E-state index contributed by atoms with van der Waals surface area (Å²) in [6.07, 6.45) is -3.32. The molecule has 0 atom stereocenters. The molecule has 112 valence electrons. The van der Waals surface area contributed by atoms with Crippen molar-refractivity contribution in [1.82, 2.24) is 10.3 Å². The maximum absolute atomic E-state index is 12.4. The second-order valence-corrected chi connectivity index (χ2v) is 4.09. The number of alkyl halides is 3. The fraction of sp³-hybridized carbons (Fsp3) is 0.231. The monoisotopic (exact) mass is 300 g/mol. The fourth-order valence-electron chi connectivity index (χ4n) is 1.57. The van der Waals surface area contributed by atoms with Gasteiger partial charge in [0.2, 0.25) is 5.89 Å². The Labute approximate surface area is 117 Å². The highest BCUT2D eigenvalue weighted by atomic mass is 19.4. The molecule has 0 fully saturated rings. The van der Waals surface area contributed by atoms with Crippen LogP contribution in [0.4, 0.5) is 13.2 Å². The summed E-state index contributed by atoms with van der Waals surface area (Å²) in [6, 6.07) is 4.24. The third-order valence-electron chi connectivity index (χ3n) is 2.59. The van der Waals surface area contributed by atoms with Crippen LogP contribution in [0.1, 0.15) is 16.1 Å². The van der Waals surface area contributed by atoms with E-state index < -0.39 is 17.6 Å². The van der Waals surface area contributed by atoms with Gasteiger partial charge < -0.3 is 14.8 Å². The molecule has 21 heavy (non-hydrogen) atoms. The molecule has 0 aliphatic rings. The van der Waals surface area contributed by atoms with Gasteiger partial charge in [-0.25, -0.2) is 4.98 Å². The molecule has 1 amide bonds. The summed E-state index contributed by atoms with van der Waals surface area (Å²) in [6.45, 7) is -0.142. The molecule has 5 nitrogen and oxygen atoms in total. The summed E-state index contributed by atoms with van der Waals surface area (Å²) in [7, 11) is 0. The Bertz CT molecular complexity index is 620. The van der Waals surface area contributed by atoms with Crippen molar-refractivity contribution >= 4 is 5.91 Å². The third kappa shape index (κ3) is 3.60. The fourth-order valence-corrected chi connectivity index (χ4v) is 1.57. The molecular weight excluding hydrogens is 289 g/mol. The van der Waals surface area contributed by atoms with Crippen molar-refractivity contribution in [2.24, 2.45) is 0 Å². The van der Waals surface area contributed by atoms with Crippen LogP contribution in [-0.2, 0) is 6.18 Å². The van der Waals surface area contributed by atoms with Crippen molar-refractivity contribution in [3.63, 3.8) is 0 Å². The summed E-state index contributed by atoms with van der Waals surface area (Å²) in [5.41, 5.74) is -0.471. The SMILES string of the molecule is O=C(NCCO)c1coc(-c2ccc(C(F)(F)F)cc2)n1. The van der Waals surface area contributed by atoms with Gasteiger partial charge in [-0.05, 0) is 24.3 Å². The van der Waals surface area contributed by atoms with Crippen LogP contribution >= 0.6 is 0 Å². The number of aliphatic hydroxyl groups is 1. The minimum Gasteiger partial charge on any atom is -0.444 e. The lowest BCUT2D eigenvalue weighted by molar-refractivity contribution is -0.137. The summed E-state index contributed by atoms with van der Waals surface area (Å²) in [5.74, 6) is -0.496. The van der Waals surface area contributed by atoms with Gasteiger partial charge in [-0.15, -0.1) is 0 Å². The number of hydrogen-bond acceptors (Lipinski definition) is 4. The van der Waals surface area contributed by atoms with E-state index >= 15 is 0 Å². The first-order valence-corrected chi connectivity index (χ1v) is 5.94. The summed E-state index contributed by atoms with van der Waals surface area (Å²) < 4.78 is 42.4. The lowest BCUT2D eigenvalue weighted by Crippen LogP contribution is -2.26. The van der Waals surface area contributed by atoms with Gasteiger partial charge in [0.15, 0.2) is 5.69 Å². The number of carbonyl (C=O) groups is 1. The Morgan fingerprint density at radius 3 is 2.52 bits per heavy atom. The van der Waals surface area contributed by atoms with Gasteiger partial charge in [-0.3, -0.25) is 4.79 Å². The predicted octanol–water partition coefficient (Wildman–Crippen LogP) is 2.08. The molecular formula is C13H11F3N2O3. The minimum absolute atomic E-state index is 0.0154. The molecule has 0 aliphatic carbocycles. The van der Waals surface area contributed by atoms with E-state index in [1.54, 1.807) is 0 Å². The predicted molar refractivity (Wildman–Crippen MR) is 66.4 cm³/mol. The number of benzene rings is 1.